The summed E-state index contributed by atoms with van der Waals surface area (Å²) in [5.41, 5.74) is 0. The molecule has 1 heterocycles. The standard InChI is InChI=1S/C12H25N/c1-4-5-6-7-8-12-9-11(2)13(3)10-12/h11-12H,4-10H2,1-3H3. The number of hydrogen-bond donors (Lipinski definition) is 0. The van der Waals surface area contributed by atoms with Gasteiger partial charge in [-0.2, -0.15) is 0 Å². The van der Waals surface area contributed by atoms with Gasteiger partial charge in [0, 0.05) is 12.6 Å². The van der Waals surface area contributed by atoms with Gasteiger partial charge in [-0.3, -0.25) is 0 Å². The van der Waals surface area contributed by atoms with Gasteiger partial charge in [0.05, 0.1) is 0 Å². The van der Waals surface area contributed by atoms with E-state index in [0.29, 0.717) is 0 Å². The van der Waals surface area contributed by atoms with E-state index in [4.69, 9.17) is 0 Å². The Labute approximate surface area is 83.5 Å². The van der Waals surface area contributed by atoms with Gasteiger partial charge < -0.3 is 4.90 Å². The fraction of sp³-hybridized carbons (Fsp3) is 1.00. The first-order chi connectivity index (χ1) is 6.24. The molecule has 0 N–H and O–H groups in total. The molecule has 0 radical (unpaired) electrons. The van der Waals surface area contributed by atoms with Crippen LogP contribution in [-0.4, -0.2) is 24.5 Å². The first kappa shape index (κ1) is 11.0. The van der Waals surface area contributed by atoms with E-state index in [1.807, 2.05) is 0 Å². The van der Waals surface area contributed by atoms with Crippen molar-refractivity contribution in [3.8, 4) is 0 Å². The van der Waals surface area contributed by atoms with Crippen molar-refractivity contribution in [2.45, 2.75) is 58.4 Å². The molecule has 1 saturated heterocycles. The normalized spacial score (nSPS) is 29.8. The van der Waals surface area contributed by atoms with Crippen molar-refractivity contribution in [1.29, 1.82) is 0 Å². The summed E-state index contributed by atoms with van der Waals surface area (Å²) in [6.45, 7) is 5.98. The Morgan fingerprint density at radius 1 is 1.23 bits per heavy atom. The number of likely N-dealkylation sites (tertiary alicyclic amines) is 1. The largest absolute Gasteiger partial charge is 0.303 e. The zero-order chi connectivity index (χ0) is 9.68. The molecule has 13 heavy (non-hydrogen) atoms. The van der Waals surface area contributed by atoms with Crippen molar-refractivity contribution >= 4 is 0 Å². The topological polar surface area (TPSA) is 3.24 Å². The average Bonchev–Trinajstić information content (AvgIpc) is 2.41. The Bertz CT molecular complexity index is 123. The van der Waals surface area contributed by atoms with E-state index in [1.165, 1.54) is 45.1 Å². The predicted octanol–water partition coefficient (Wildman–Crippen LogP) is 3.30. The molecule has 1 aliphatic rings. The number of hydrogen-bond acceptors (Lipinski definition) is 1. The minimum absolute atomic E-state index is 0.830. The van der Waals surface area contributed by atoms with Crippen molar-refractivity contribution in [3.63, 3.8) is 0 Å². The van der Waals surface area contributed by atoms with E-state index in [0.717, 1.165) is 12.0 Å². The fourth-order valence-electron chi connectivity index (χ4n) is 2.39. The van der Waals surface area contributed by atoms with Crippen LogP contribution in [-0.2, 0) is 0 Å². The number of unbranched alkanes of at least 4 members (excludes halogenated alkanes) is 3. The van der Waals surface area contributed by atoms with E-state index in [2.05, 4.69) is 25.8 Å². The summed E-state index contributed by atoms with van der Waals surface area (Å²) in [5.74, 6) is 0.997. The first-order valence-electron chi connectivity index (χ1n) is 5.94. The van der Waals surface area contributed by atoms with Crippen LogP contribution in [0.15, 0.2) is 0 Å². The van der Waals surface area contributed by atoms with Crippen LogP contribution < -0.4 is 0 Å². The van der Waals surface area contributed by atoms with Crippen LogP contribution in [0.4, 0.5) is 0 Å². The van der Waals surface area contributed by atoms with Gasteiger partial charge in [0.25, 0.3) is 0 Å². The highest BCUT2D eigenvalue weighted by Crippen LogP contribution is 2.25. The van der Waals surface area contributed by atoms with Crippen LogP contribution in [0.5, 0.6) is 0 Å². The summed E-state index contributed by atoms with van der Waals surface area (Å²) < 4.78 is 0. The lowest BCUT2D eigenvalue weighted by atomic mass is 9.98. The molecule has 0 bridgehead atoms. The molecular formula is C12H25N. The highest BCUT2D eigenvalue weighted by atomic mass is 15.1. The minimum Gasteiger partial charge on any atom is -0.303 e. The van der Waals surface area contributed by atoms with E-state index >= 15 is 0 Å². The summed E-state index contributed by atoms with van der Waals surface area (Å²) in [7, 11) is 2.26. The second-order valence-corrected chi connectivity index (χ2v) is 4.74. The summed E-state index contributed by atoms with van der Waals surface area (Å²) in [5, 5.41) is 0. The molecule has 1 rings (SSSR count). The first-order valence-corrected chi connectivity index (χ1v) is 5.94. The SMILES string of the molecule is CCCCCCC1CC(C)N(C)C1. The molecule has 1 heteroatoms. The number of nitrogens with zero attached hydrogens (tertiary/aromatic N) is 1. The van der Waals surface area contributed by atoms with Crippen molar-refractivity contribution in [2.24, 2.45) is 5.92 Å². The molecular weight excluding hydrogens is 158 g/mol. The van der Waals surface area contributed by atoms with E-state index in [-0.39, 0.29) is 0 Å². The van der Waals surface area contributed by atoms with Crippen LogP contribution in [0, 0.1) is 5.92 Å². The second kappa shape index (κ2) is 5.64. The summed E-state index contributed by atoms with van der Waals surface area (Å²) in [6.07, 6.45) is 8.60. The van der Waals surface area contributed by atoms with E-state index in [9.17, 15) is 0 Å². The molecule has 0 spiro atoms. The molecule has 1 aliphatic heterocycles. The Kier molecular flexibility index (Phi) is 4.79. The zero-order valence-electron chi connectivity index (χ0n) is 9.55. The van der Waals surface area contributed by atoms with E-state index < -0.39 is 0 Å². The highest BCUT2D eigenvalue weighted by molar-refractivity contribution is 4.79. The van der Waals surface area contributed by atoms with Crippen molar-refractivity contribution < 1.29 is 0 Å². The van der Waals surface area contributed by atoms with Crippen LogP contribution in [0.3, 0.4) is 0 Å². The molecule has 0 amide bonds. The Morgan fingerprint density at radius 3 is 2.54 bits per heavy atom. The molecule has 0 aromatic carbocycles. The lowest BCUT2D eigenvalue weighted by Gasteiger charge is -2.12. The maximum absolute atomic E-state index is 2.50. The molecule has 0 aromatic heterocycles. The van der Waals surface area contributed by atoms with Gasteiger partial charge in [-0.1, -0.05) is 32.6 Å². The molecule has 0 aliphatic carbocycles. The summed E-state index contributed by atoms with van der Waals surface area (Å²) >= 11 is 0. The lowest BCUT2D eigenvalue weighted by molar-refractivity contribution is 0.323. The highest BCUT2D eigenvalue weighted by Gasteiger charge is 2.25. The van der Waals surface area contributed by atoms with Crippen molar-refractivity contribution in [3.05, 3.63) is 0 Å². The molecule has 1 nitrogen and oxygen atoms in total. The monoisotopic (exact) mass is 183 g/mol. The average molecular weight is 183 g/mol. The summed E-state index contributed by atoms with van der Waals surface area (Å²) in [6, 6.07) is 0.830. The van der Waals surface area contributed by atoms with Gasteiger partial charge in [0.15, 0.2) is 0 Å². The van der Waals surface area contributed by atoms with Crippen LogP contribution in [0.1, 0.15) is 52.4 Å². The summed E-state index contributed by atoms with van der Waals surface area (Å²) in [4.78, 5) is 2.50. The maximum atomic E-state index is 2.50. The van der Waals surface area contributed by atoms with Crippen LogP contribution in [0.25, 0.3) is 0 Å². The maximum Gasteiger partial charge on any atom is 0.00671 e. The van der Waals surface area contributed by atoms with Gasteiger partial charge in [-0.25, -0.2) is 0 Å². The van der Waals surface area contributed by atoms with Crippen molar-refractivity contribution in [1.82, 2.24) is 4.90 Å². The third kappa shape index (κ3) is 3.68. The fourth-order valence-corrected chi connectivity index (χ4v) is 2.39. The zero-order valence-corrected chi connectivity index (χ0v) is 9.55. The van der Waals surface area contributed by atoms with Crippen LogP contribution >= 0.6 is 0 Å². The minimum atomic E-state index is 0.830. The molecule has 1 fully saturated rings. The van der Waals surface area contributed by atoms with Gasteiger partial charge in [0.1, 0.15) is 0 Å². The predicted molar refractivity (Wildman–Crippen MR) is 59.0 cm³/mol. The molecule has 0 saturated carbocycles. The smallest absolute Gasteiger partial charge is 0.00671 e. The van der Waals surface area contributed by atoms with Crippen LogP contribution in [0.2, 0.25) is 0 Å². The van der Waals surface area contributed by atoms with Gasteiger partial charge >= 0.3 is 0 Å². The van der Waals surface area contributed by atoms with Gasteiger partial charge in [0.2, 0.25) is 0 Å². The lowest BCUT2D eigenvalue weighted by Crippen LogP contribution is -2.21. The molecule has 78 valence electrons. The Hall–Kier alpha value is -0.0400. The third-order valence-electron chi connectivity index (χ3n) is 3.44. The van der Waals surface area contributed by atoms with Gasteiger partial charge in [-0.15, -0.1) is 0 Å². The Morgan fingerprint density at radius 2 is 2.00 bits per heavy atom. The molecule has 0 aromatic rings. The van der Waals surface area contributed by atoms with Crippen molar-refractivity contribution in [2.75, 3.05) is 13.6 Å². The Balaban J connectivity index is 2.03. The van der Waals surface area contributed by atoms with E-state index in [1.54, 1.807) is 0 Å². The molecule has 2 atom stereocenters. The second-order valence-electron chi connectivity index (χ2n) is 4.74. The quantitative estimate of drug-likeness (QED) is 0.591. The van der Waals surface area contributed by atoms with Gasteiger partial charge in [-0.05, 0) is 32.7 Å². The molecule has 2 unspecified atom stereocenters. The third-order valence-corrected chi connectivity index (χ3v) is 3.44. The number of rotatable bonds is 5.